The van der Waals surface area contributed by atoms with Crippen LogP contribution in [0.2, 0.25) is 0 Å². The molecule has 2 aromatic rings. The first-order chi connectivity index (χ1) is 12.1. The summed E-state index contributed by atoms with van der Waals surface area (Å²) < 4.78 is 65.9. The van der Waals surface area contributed by atoms with Crippen LogP contribution >= 0.6 is 0 Å². The minimum absolute atomic E-state index is 0.224. The second kappa shape index (κ2) is 7.08. The molecule has 2 rings (SSSR count). The smallest absolute Gasteiger partial charge is 0.272 e. The third-order valence-corrected chi connectivity index (χ3v) is 3.01. The molecule has 0 aromatic heterocycles. The Morgan fingerprint density at radius 3 is 1.92 bits per heavy atom. The summed E-state index contributed by atoms with van der Waals surface area (Å²) in [6, 6.07) is 2.35. The zero-order valence-corrected chi connectivity index (χ0v) is 12.2. The van der Waals surface area contributed by atoms with Crippen molar-refractivity contribution in [3.63, 3.8) is 0 Å². The lowest BCUT2D eigenvalue weighted by molar-refractivity contribution is -0.393. The van der Waals surface area contributed by atoms with Crippen molar-refractivity contribution in [3.05, 3.63) is 73.1 Å². The number of nitro benzene ring substituents is 2. The van der Waals surface area contributed by atoms with E-state index in [1.165, 1.54) is 0 Å². The Hall–Kier alpha value is -3.64. The molecule has 0 spiro atoms. The fourth-order valence-corrected chi connectivity index (χ4v) is 1.78. The first kappa shape index (κ1) is 18.7. The van der Waals surface area contributed by atoms with Crippen molar-refractivity contribution in [1.82, 2.24) is 0 Å². The number of hydrogen-bond donors (Lipinski definition) is 1. The second-order valence-electron chi connectivity index (χ2n) is 4.57. The minimum Gasteiger partial charge on any atom is -0.272 e. The van der Waals surface area contributed by atoms with Crippen molar-refractivity contribution in [2.75, 3.05) is 5.43 Å². The largest absolute Gasteiger partial charge is 0.301 e. The first-order valence-corrected chi connectivity index (χ1v) is 6.38. The number of nitrogens with one attached hydrogen (secondary N) is 1. The van der Waals surface area contributed by atoms with Crippen LogP contribution in [-0.4, -0.2) is 16.1 Å². The van der Waals surface area contributed by atoms with E-state index in [2.05, 4.69) is 5.10 Å². The molecule has 0 unspecified atom stereocenters. The van der Waals surface area contributed by atoms with E-state index in [0.717, 1.165) is 12.1 Å². The summed E-state index contributed by atoms with van der Waals surface area (Å²) in [5.41, 5.74) is -1.25. The van der Waals surface area contributed by atoms with Crippen molar-refractivity contribution in [2.24, 2.45) is 5.10 Å². The lowest BCUT2D eigenvalue weighted by atomic mass is 10.2. The van der Waals surface area contributed by atoms with Crippen LogP contribution in [0.1, 0.15) is 5.56 Å². The molecule has 2 aromatic carbocycles. The van der Waals surface area contributed by atoms with Crippen molar-refractivity contribution < 1.29 is 31.8 Å². The number of rotatable bonds is 5. The van der Waals surface area contributed by atoms with Crippen LogP contribution in [0.5, 0.6) is 0 Å². The number of anilines is 1. The van der Waals surface area contributed by atoms with Crippen LogP contribution in [0, 0.1) is 49.3 Å². The maximum absolute atomic E-state index is 13.5. The molecule has 0 radical (unpaired) electrons. The zero-order chi connectivity index (χ0) is 19.6. The number of benzene rings is 2. The molecule has 0 aliphatic carbocycles. The third-order valence-electron chi connectivity index (χ3n) is 3.01. The highest BCUT2D eigenvalue weighted by atomic mass is 19.2. The van der Waals surface area contributed by atoms with Gasteiger partial charge in [-0.2, -0.15) is 5.10 Å². The van der Waals surface area contributed by atoms with Crippen LogP contribution in [-0.2, 0) is 0 Å². The highest BCUT2D eigenvalue weighted by molar-refractivity contribution is 5.81. The highest BCUT2D eigenvalue weighted by Crippen LogP contribution is 2.29. The Morgan fingerprint density at radius 1 is 0.885 bits per heavy atom. The van der Waals surface area contributed by atoms with Crippen molar-refractivity contribution in [1.29, 1.82) is 0 Å². The van der Waals surface area contributed by atoms with E-state index in [4.69, 9.17) is 0 Å². The molecule has 13 heteroatoms. The first-order valence-electron chi connectivity index (χ1n) is 6.38. The van der Waals surface area contributed by atoms with Gasteiger partial charge in [-0.25, -0.2) is 22.0 Å². The summed E-state index contributed by atoms with van der Waals surface area (Å²) in [4.78, 5) is 19.6. The molecule has 0 saturated carbocycles. The van der Waals surface area contributed by atoms with Gasteiger partial charge in [-0.1, -0.05) is 0 Å². The molecular weight excluding hydrogens is 371 g/mol. The van der Waals surface area contributed by atoms with Gasteiger partial charge in [0.2, 0.25) is 5.82 Å². The maximum Gasteiger partial charge on any atom is 0.301 e. The average molecular weight is 376 g/mol. The Morgan fingerprint density at radius 2 is 1.42 bits per heavy atom. The topological polar surface area (TPSA) is 111 Å². The van der Waals surface area contributed by atoms with Crippen molar-refractivity contribution in [3.8, 4) is 0 Å². The fourth-order valence-electron chi connectivity index (χ4n) is 1.78. The lowest BCUT2D eigenvalue weighted by Gasteiger charge is -2.05. The monoisotopic (exact) mass is 376 g/mol. The summed E-state index contributed by atoms with van der Waals surface area (Å²) in [5.74, 6) is -11.0. The SMILES string of the molecule is O=[N+]([O-])c1ccc(N/N=C\c2c(F)c(F)c(F)c(F)c2F)c([N+](=O)[O-])c1. The summed E-state index contributed by atoms with van der Waals surface area (Å²) in [6.45, 7) is 0. The molecule has 136 valence electrons. The van der Waals surface area contributed by atoms with Crippen molar-refractivity contribution >= 4 is 23.3 Å². The van der Waals surface area contributed by atoms with Crippen LogP contribution in [0.4, 0.5) is 39.0 Å². The van der Waals surface area contributed by atoms with Gasteiger partial charge in [0.1, 0.15) is 5.69 Å². The molecule has 0 heterocycles. The lowest BCUT2D eigenvalue weighted by Crippen LogP contribution is -2.07. The molecule has 0 aliphatic heterocycles. The number of nitro groups is 2. The predicted molar refractivity (Wildman–Crippen MR) is 77.2 cm³/mol. The molecule has 1 N–H and O–H groups in total. The Kier molecular flexibility index (Phi) is 5.09. The summed E-state index contributed by atoms with van der Waals surface area (Å²) >= 11 is 0. The number of nitrogens with zero attached hydrogens (tertiary/aromatic N) is 3. The van der Waals surface area contributed by atoms with Crippen LogP contribution in [0.15, 0.2) is 23.3 Å². The van der Waals surface area contributed by atoms with Gasteiger partial charge >= 0.3 is 5.69 Å². The van der Waals surface area contributed by atoms with Gasteiger partial charge in [-0.05, 0) is 6.07 Å². The third kappa shape index (κ3) is 3.40. The molecular formula is C13H5F5N4O4. The van der Waals surface area contributed by atoms with E-state index in [1.54, 1.807) is 0 Å². The second-order valence-corrected chi connectivity index (χ2v) is 4.57. The summed E-state index contributed by atoms with van der Waals surface area (Å²) in [5, 5.41) is 24.7. The van der Waals surface area contributed by atoms with E-state index in [0.29, 0.717) is 6.07 Å². The number of hydrazone groups is 1. The quantitative estimate of drug-likeness (QED) is 0.214. The van der Waals surface area contributed by atoms with Gasteiger partial charge in [-0.15, -0.1) is 0 Å². The van der Waals surface area contributed by atoms with E-state index >= 15 is 0 Å². The van der Waals surface area contributed by atoms with Gasteiger partial charge in [0.05, 0.1) is 27.7 Å². The Labute approximate surface area is 139 Å². The summed E-state index contributed by atoms with van der Waals surface area (Å²) in [6.07, 6.45) is 0.224. The molecule has 0 saturated heterocycles. The Balaban J connectivity index is 2.38. The van der Waals surface area contributed by atoms with Gasteiger partial charge in [0, 0.05) is 6.07 Å². The number of hydrogen-bond acceptors (Lipinski definition) is 6. The molecule has 0 fully saturated rings. The van der Waals surface area contributed by atoms with Crippen LogP contribution in [0.25, 0.3) is 0 Å². The molecule has 0 aliphatic rings. The van der Waals surface area contributed by atoms with E-state index in [1.807, 2.05) is 5.43 Å². The summed E-state index contributed by atoms with van der Waals surface area (Å²) in [7, 11) is 0. The van der Waals surface area contributed by atoms with Crippen molar-refractivity contribution in [2.45, 2.75) is 0 Å². The number of halogens is 5. The van der Waals surface area contributed by atoms with Gasteiger partial charge in [0.25, 0.3) is 5.69 Å². The molecule has 0 amide bonds. The number of non-ortho nitro benzene ring substituents is 1. The van der Waals surface area contributed by atoms with Gasteiger partial charge in [0.15, 0.2) is 23.3 Å². The predicted octanol–water partition coefficient (Wildman–Crippen LogP) is 3.64. The minimum atomic E-state index is -2.35. The van der Waals surface area contributed by atoms with Crippen LogP contribution < -0.4 is 5.43 Å². The standard InChI is InChI=1S/C13H5F5N4O4/c14-9-6(10(15)12(17)13(18)11(9)16)4-19-20-7-2-1-5(21(23)24)3-8(7)22(25)26/h1-4,20H/b19-4-. The fraction of sp³-hybridized carbons (Fsp3) is 0. The van der Waals surface area contributed by atoms with E-state index in [9.17, 15) is 42.2 Å². The van der Waals surface area contributed by atoms with E-state index in [-0.39, 0.29) is 6.21 Å². The van der Waals surface area contributed by atoms with E-state index < -0.39 is 61.6 Å². The molecule has 0 atom stereocenters. The molecule has 0 bridgehead atoms. The zero-order valence-electron chi connectivity index (χ0n) is 12.2. The average Bonchev–Trinajstić information content (AvgIpc) is 2.61. The highest BCUT2D eigenvalue weighted by Gasteiger charge is 2.25. The molecule has 8 nitrogen and oxygen atoms in total. The Bertz CT molecular complexity index is 922. The normalized spacial score (nSPS) is 11.0. The van der Waals surface area contributed by atoms with Crippen LogP contribution in [0.3, 0.4) is 0 Å². The maximum atomic E-state index is 13.5. The molecule has 26 heavy (non-hydrogen) atoms. The van der Waals surface area contributed by atoms with Gasteiger partial charge < -0.3 is 0 Å². The van der Waals surface area contributed by atoms with Gasteiger partial charge in [-0.3, -0.25) is 25.7 Å².